The minimum Gasteiger partial charge on any atom is -0.375 e. The first-order chi connectivity index (χ1) is 13.3. The number of rotatable bonds is 3. The Morgan fingerprint density at radius 3 is 1.75 bits per heavy atom. The second-order valence-electron chi connectivity index (χ2n) is 9.69. The van der Waals surface area contributed by atoms with Gasteiger partial charge in [-0.15, -0.1) is 0 Å². The summed E-state index contributed by atoms with van der Waals surface area (Å²) < 4.78 is 0. The fourth-order valence-electron chi connectivity index (χ4n) is 6.39. The lowest BCUT2D eigenvalue weighted by Gasteiger charge is -2.47. The number of hydrogen-bond donors (Lipinski definition) is 2. The van der Waals surface area contributed by atoms with Gasteiger partial charge in [0.15, 0.2) is 0 Å². The van der Waals surface area contributed by atoms with Crippen molar-refractivity contribution in [2.45, 2.75) is 58.7 Å². The number of hydrogen-bond acceptors (Lipinski definition) is 2. The van der Waals surface area contributed by atoms with E-state index in [0.29, 0.717) is 23.7 Å². The van der Waals surface area contributed by atoms with Crippen molar-refractivity contribution < 1.29 is 5.11 Å². The van der Waals surface area contributed by atoms with Gasteiger partial charge in [0.05, 0.1) is 0 Å². The maximum Gasteiger partial charge on any atom is 0.123 e. The highest BCUT2D eigenvalue weighted by atomic mass is 16.3. The van der Waals surface area contributed by atoms with E-state index in [-0.39, 0.29) is 17.4 Å². The fraction of sp³-hybridized carbons (Fsp3) is 0.538. The molecule has 1 saturated heterocycles. The number of aliphatic hydroxyl groups is 1. The van der Waals surface area contributed by atoms with Crippen LogP contribution in [0.1, 0.15) is 64.1 Å². The SMILES string of the molecule is CC1C(C)C(C)C(C)(C2(O)C[C@H](c3ccccc3)[C@@H](c3ccccc3)N2)C1C. The molecule has 0 radical (unpaired) electrons. The van der Waals surface area contributed by atoms with Crippen LogP contribution in [0.25, 0.3) is 0 Å². The van der Waals surface area contributed by atoms with E-state index in [1.54, 1.807) is 0 Å². The Bertz CT molecular complexity index is 740. The van der Waals surface area contributed by atoms with Crippen LogP contribution >= 0.6 is 0 Å². The molecule has 7 atom stereocenters. The van der Waals surface area contributed by atoms with Crippen molar-refractivity contribution in [1.82, 2.24) is 5.32 Å². The van der Waals surface area contributed by atoms with Crippen molar-refractivity contribution in [2.24, 2.45) is 29.1 Å². The molecule has 1 heterocycles. The molecule has 28 heavy (non-hydrogen) atoms. The Labute approximate surface area is 170 Å². The molecule has 1 aliphatic carbocycles. The van der Waals surface area contributed by atoms with Crippen LogP contribution in [0, 0.1) is 29.1 Å². The molecule has 2 aromatic carbocycles. The topological polar surface area (TPSA) is 32.3 Å². The van der Waals surface area contributed by atoms with Gasteiger partial charge in [0, 0.05) is 17.4 Å². The van der Waals surface area contributed by atoms with Crippen molar-refractivity contribution in [3.8, 4) is 0 Å². The summed E-state index contributed by atoms with van der Waals surface area (Å²) in [7, 11) is 0. The van der Waals surface area contributed by atoms with E-state index in [0.717, 1.165) is 6.42 Å². The van der Waals surface area contributed by atoms with E-state index in [4.69, 9.17) is 0 Å². The van der Waals surface area contributed by atoms with Crippen LogP contribution in [0.3, 0.4) is 0 Å². The maximum atomic E-state index is 12.2. The number of nitrogens with one attached hydrogen (secondary N) is 1. The Morgan fingerprint density at radius 1 is 0.786 bits per heavy atom. The molecule has 2 fully saturated rings. The van der Waals surface area contributed by atoms with E-state index in [1.165, 1.54) is 11.1 Å². The third-order valence-corrected chi connectivity index (χ3v) is 8.89. The predicted octanol–water partition coefficient (Wildman–Crippen LogP) is 5.76. The average molecular weight is 378 g/mol. The van der Waals surface area contributed by atoms with Gasteiger partial charge in [-0.1, -0.05) is 95.3 Å². The van der Waals surface area contributed by atoms with Crippen molar-refractivity contribution in [1.29, 1.82) is 0 Å². The molecule has 0 spiro atoms. The summed E-state index contributed by atoms with van der Waals surface area (Å²) in [5.41, 5.74) is 1.52. The van der Waals surface area contributed by atoms with E-state index >= 15 is 0 Å². The summed E-state index contributed by atoms with van der Waals surface area (Å²) in [6.07, 6.45) is 0.751. The van der Waals surface area contributed by atoms with Crippen LogP contribution < -0.4 is 5.32 Å². The van der Waals surface area contributed by atoms with Crippen molar-refractivity contribution in [3.63, 3.8) is 0 Å². The molecule has 1 aliphatic heterocycles. The predicted molar refractivity (Wildman–Crippen MR) is 116 cm³/mol. The smallest absolute Gasteiger partial charge is 0.123 e. The third-order valence-electron chi connectivity index (χ3n) is 8.89. The molecule has 2 nitrogen and oxygen atoms in total. The lowest BCUT2D eigenvalue weighted by atomic mass is 9.64. The van der Waals surface area contributed by atoms with Gasteiger partial charge < -0.3 is 5.11 Å². The van der Waals surface area contributed by atoms with Crippen molar-refractivity contribution >= 4 is 0 Å². The highest BCUT2D eigenvalue weighted by molar-refractivity contribution is 5.32. The zero-order valence-electron chi connectivity index (χ0n) is 17.9. The standard InChI is InChI=1S/C26H35NO/c1-17-18(2)20(4)25(5,19(17)3)26(28)16-23(21-12-8-6-9-13-21)24(27-26)22-14-10-7-11-15-22/h6-15,17-20,23-24,27-28H,16H2,1-5H3/t17?,18?,19?,20?,23-,24-,25?,26?/m1/s1. The summed E-state index contributed by atoms with van der Waals surface area (Å²) in [4.78, 5) is 0. The van der Waals surface area contributed by atoms with Crippen LogP contribution in [-0.2, 0) is 0 Å². The summed E-state index contributed by atoms with van der Waals surface area (Å²) >= 11 is 0. The fourth-order valence-corrected chi connectivity index (χ4v) is 6.39. The second-order valence-corrected chi connectivity index (χ2v) is 9.69. The van der Waals surface area contributed by atoms with E-state index in [9.17, 15) is 5.11 Å². The molecule has 0 amide bonds. The molecule has 0 aromatic heterocycles. The van der Waals surface area contributed by atoms with Gasteiger partial charge in [0.2, 0.25) is 0 Å². The molecule has 5 unspecified atom stereocenters. The Hall–Kier alpha value is -1.64. The first-order valence-electron chi connectivity index (χ1n) is 10.9. The molecule has 2 heteroatoms. The molecule has 150 valence electrons. The minimum absolute atomic E-state index is 0.121. The average Bonchev–Trinajstić information content (AvgIpc) is 3.17. The van der Waals surface area contributed by atoms with Gasteiger partial charge in [-0.2, -0.15) is 0 Å². The zero-order valence-corrected chi connectivity index (χ0v) is 17.9. The van der Waals surface area contributed by atoms with Gasteiger partial charge in [-0.05, 0) is 41.2 Å². The van der Waals surface area contributed by atoms with Crippen molar-refractivity contribution in [3.05, 3.63) is 71.8 Å². The first kappa shape index (κ1) is 19.7. The van der Waals surface area contributed by atoms with Gasteiger partial charge in [0.25, 0.3) is 0 Å². The molecular formula is C26H35NO. The van der Waals surface area contributed by atoms with Crippen LogP contribution in [0.15, 0.2) is 60.7 Å². The van der Waals surface area contributed by atoms with Gasteiger partial charge in [-0.3, -0.25) is 5.32 Å². The van der Waals surface area contributed by atoms with Crippen LogP contribution in [-0.4, -0.2) is 10.8 Å². The quantitative estimate of drug-likeness (QED) is 0.713. The Morgan fingerprint density at radius 2 is 1.25 bits per heavy atom. The lowest BCUT2D eigenvalue weighted by molar-refractivity contribution is -0.132. The van der Waals surface area contributed by atoms with Gasteiger partial charge in [0.1, 0.15) is 5.72 Å². The molecule has 4 rings (SSSR count). The molecule has 2 N–H and O–H groups in total. The highest BCUT2D eigenvalue weighted by Gasteiger charge is 2.64. The monoisotopic (exact) mass is 377 g/mol. The van der Waals surface area contributed by atoms with E-state index < -0.39 is 5.72 Å². The van der Waals surface area contributed by atoms with Gasteiger partial charge >= 0.3 is 0 Å². The molecule has 2 aliphatic rings. The lowest BCUT2D eigenvalue weighted by Crippen LogP contribution is -2.58. The normalized spacial score (nSPS) is 43.4. The minimum atomic E-state index is -0.883. The first-order valence-corrected chi connectivity index (χ1v) is 10.9. The summed E-state index contributed by atoms with van der Waals surface area (Å²) in [5, 5.41) is 16.0. The van der Waals surface area contributed by atoms with Crippen LogP contribution in [0.5, 0.6) is 0 Å². The van der Waals surface area contributed by atoms with Crippen LogP contribution in [0.4, 0.5) is 0 Å². The second kappa shape index (κ2) is 7.00. The highest BCUT2D eigenvalue weighted by Crippen LogP contribution is 2.62. The molecule has 0 bridgehead atoms. The largest absolute Gasteiger partial charge is 0.375 e. The Balaban J connectivity index is 1.77. The molecule has 2 aromatic rings. The third kappa shape index (κ3) is 2.76. The van der Waals surface area contributed by atoms with Gasteiger partial charge in [-0.25, -0.2) is 0 Å². The maximum absolute atomic E-state index is 12.2. The van der Waals surface area contributed by atoms with E-state index in [1.807, 2.05) is 0 Å². The zero-order chi connectivity index (χ0) is 20.1. The summed E-state index contributed by atoms with van der Waals surface area (Å²) in [5.74, 6) is 2.39. The summed E-state index contributed by atoms with van der Waals surface area (Å²) in [6.45, 7) is 11.7. The number of benzene rings is 2. The van der Waals surface area contributed by atoms with E-state index in [2.05, 4.69) is 101 Å². The van der Waals surface area contributed by atoms with Crippen molar-refractivity contribution in [2.75, 3.05) is 0 Å². The summed E-state index contributed by atoms with van der Waals surface area (Å²) in [6, 6.07) is 21.5. The van der Waals surface area contributed by atoms with Crippen LogP contribution in [0.2, 0.25) is 0 Å². The molecular weight excluding hydrogens is 342 g/mol. The molecule has 1 saturated carbocycles. The Kier molecular flexibility index (Phi) is 4.92.